The van der Waals surface area contributed by atoms with Gasteiger partial charge in [0.2, 0.25) is 0 Å². The van der Waals surface area contributed by atoms with Crippen LogP contribution in [0.1, 0.15) is 58.8 Å². The van der Waals surface area contributed by atoms with Gasteiger partial charge in [-0.15, -0.1) is 13.2 Å². The van der Waals surface area contributed by atoms with Crippen LogP contribution in [0.4, 0.5) is 0 Å². The average molecular weight is 309 g/mol. The fourth-order valence-corrected chi connectivity index (χ4v) is 3.61. The van der Waals surface area contributed by atoms with Crippen LogP contribution in [0.5, 0.6) is 0 Å². The second kappa shape index (κ2) is 11.0. The van der Waals surface area contributed by atoms with Gasteiger partial charge in [-0.1, -0.05) is 51.7 Å². The molecule has 0 unspecified atom stereocenters. The van der Waals surface area contributed by atoms with Crippen molar-refractivity contribution in [3.8, 4) is 0 Å². The molecule has 2 heteroatoms. The van der Waals surface area contributed by atoms with E-state index in [-0.39, 0.29) is 5.41 Å². The van der Waals surface area contributed by atoms with Gasteiger partial charge in [-0.05, 0) is 31.1 Å². The summed E-state index contributed by atoms with van der Waals surface area (Å²) in [4.78, 5) is 0. The van der Waals surface area contributed by atoms with E-state index in [1.165, 1.54) is 44.9 Å². The van der Waals surface area contributed by atoms with E-state index in [1.807, 2.05) is 12.2 Å². The minimum absolute atomic E-state index is 0.163. The van der Waals surface area contributed by atoms with Crippen molar-refractivity contribution in [1.82, 2.24) is 0 Å². The van der Waals surface area contributed by atoms with Gasteiger partial charge in [0.15, 0.2) is 0 Å². The second-order valence-corrected chi connectivity index (χ2v) is 7.24. The average Bonchev–Trinajstić information content (AvgIpc) is 2.53. The molecule has 1 fully saturated rings. The topological polar surface area (TPSA) is 18.5 Å². The second-order valence-electron chi connectivity index (χ2n) is 7.24. The normalized spacial score (nSPS) is 16.9. The van der Waals surface area contributed by atoms with Crippen LogP contribution in [0.15, 0.2) is 25.3 Å². The molecule has 1 rings (SSSR count). The maximum atomic E-state index is 5.94. The summed E-state index contributed by atoms with van der Waals surface area (Å²) in [6.07, 6.45) is 12.9. The van der Waals surface area contributed by atoms with Gasteiger partial charge in [0, 0.05) is 5.41 Å². The predicted molar refractivity (Wildman–Crippen MR) is 95.1 cm³/mol. The molecular formula is C20H36O2. The van der Waals surface area contributed by atoms with E-state index in [2.05, 4.69) is 27.0 Å². The monoisotopic (exact) mass is 308 g/mol. The quantitative estimate of drug-likeness (QED) is 0.355. The molecule has 128 valence electrons. The van der Waals surface area contributed by atoms with Gasteiger partial charge in [0.05, 0.1) is 26.4 Å². The highest BCUT2D eigenvalue weighted by molar-refractivity contribution is 4.89. The Balaban J connectivity index is 2.80. The van der Waals surface area contributed by atoms with E-state index in [1.54, 1.807) is 0 Å². The van der Waals surface area contributed by atoms with Gasteiger partial charge in [-0.3, -0.25) is 0 Å². The fraction of sp³-hybridized carbons (Fsp3) is 0.800. The molecule has 0 N–H and O–H groups in total. The molecule has 0 radical (unpaired) electrons. The molecular weight excluding hydrogens is 272 g/mol. The lowest BCUT2D eigenvalue weighted by molar-refractivity contribution is -0.0622. The van der Waals surface area contributed by atoms with Crippen LogP contribution in [0.25, 0.3) is 0 Å². The molecule has 0 saturated heterocycles. The Morgan fingerprint density at radius 2 is 1.55 bits per heavy atom. The number of hydrogen-bond donors (Lipinski definition) is 0. The molecule has 1 aliphatic carbocycles. The van der Waals surface area contributed by atoms with E-state index in [4.69, 9.17) is 9.47 Å². The minimum Gasteiger partial charge on any atom is -0.377 e. The third-order valence-electron chi connectivity index (χ3n) is 4.94. The molecule has 0 spiro atoms. The zero-order chi connectivity index (χ0) is 16.3. The Morgan fingerprint density at radius 3 is 2.00 bits per heavy atom. The van der Waals surface area contributed by atoms with E-state index in [0.29, 0.717) is 13.2 Å². The van der Waals surface area contributed by atoms with Crippen molar-refractivity contribution in [2.75, 3.05) is 26.4 Å². The van der Waals surface area contributed by atoms with Crippen LogP contribution in [0, 0.1) is 17.3 Å². The number of ether oxygens (including phenoxy) is 2. The Morgan fingerprint density at radius 1 is 1.00 bits per heavy atom. The lowest BCUT2D eigenvalue weighted by Crippen LogP contribution is -2.41. The Labute approximate surface area is 138 Å². The highest BCUT2D eigenvalue weighted by Crippen LogP contribution is 2.43. The maximum Gasteiger partial charge on any atom is 0.0645 e. The van der Waals surface area contributed by atoms with Gasteiger partial charge in [0.25, 0.3) is 0 Å². The predicted octanol–water partition coefficient (Wildman–Crippen LogP) is 5.39. The summed E-state index contributed by atoms with van der Waals surface area (Å²) in [5, 5.41) is 0. The first kappa shape index (κ1) is 19.4. The van der Waals surface area contributed by atoms with E-state index < -0.39 is 0 Å². The van der Waals surface area contributed by atoms with E-state index >= 15 is 0 Å². The Kier molecular flexibility index (Phi) is 9.74. The van der Waals surface area contributed by atoms with Crippen LogP contribution < -0.4 is 0 Å². The first-order valence-corrected chi connectivity index (χ1v) is 9.02. The summed E-state index contributed by atoms with van der Waals surface area (Å²) < 4.78 is 11.9. The third kappa shape index (κ3) is 6.66. The molecule has 0 aromatic rings. The molecule has 0 heterocycles. The largest absolute Gasteiger partial charge is 0.377 e. The molecule has 2 nitrogen and oxygen atoms in total. The van der Waals surface area contributed by atoms with Crippen molar-refractivity contribution in [3.05, 3.63) is 25.3 Å². The molecule has 22 heavy (non-hydrogen) atoms. The molecule has 0 amide bonds. The van der Waals surface area contributed by atoms with Crippen molar-refractivity contribution in [2.45, 2.75) is 58.8 Å². The molecule has 1 aliphatic rings. The number of hydrogen-bond acceptors (Lipinski definition) is 2. The van der Waals surface area contributed by atoms with E-state index in [0.717, 1.165) is 25.0 Å². The fourth-order valence-electron chi connectivity index (χ4n) is 3.61. The summed E-state index contributed by atoms with van der Waals surface area (Å²) in [6.45, 7) is 15.0. The van der Waals surface area contributed by atoms with Crippen LogP contribution in [0.2, 0.25) is 0 Å². The van der Waals surface area contributed by atoms with E-state index in [9.17, 15) is 0 Å². The van der Waals surface area contributed by atoms with Crippen LogP contribution in [-0.4, -0.2) is 26.4 Å². The summed E-state index contributed by atoms with van der Waals surface area (Å²) in [5.74, 6) is 1.46. The Hall–Kier alpha value is -0.600. The Bertz CT molecular complexity index is 289. The van der Waals surface area contributed by atoms with Crippen molar-refractivity contribution < 1.29 is 9.47 Å². The molecule has 1 saturated carbocycles. The van der Waals surface area contributed by atoms with Crippen molar-refractivity contribution in [1.29, 1.82) is 0 Å². The van der Waals surface area contributed by atoms with Crippen molar-refractivity contribution >= 4 is 0 Å². The number of rotatable bonds is 12. The first-order valence-electron chi connectivity index (χ1n) is 9.02. The molecule has 0 aliphatic heterocycles. The lowest BCUT2D eigenvalue weighted by atomic mass is 9.66. The zero-order valence-electron chi connectivity index (χ0n) is 14.8. The molecule has 0 aromatic carbocycles. The summed E-state index contributed by atoms with van der Waals surface area (Å²) in [6, 6.07) is 0. The maximum absolute atomic E-state index is 5.94. The van der Waals surface area contributed by atoms with Gasteiger partial charge in [-0.25, -0.2) is 0 Å². The minimum atomic E-state index is 0.163. The van der Waals surface area contributed by atoms with Crippen molar-refractivity contribution in [2.24, 2.45) is 17.3 Å². The highest BCUT2D eigenvalue weighted by Gasteiger charge is 2.39. The van der Waals surface area contributed by atoms with Gasteiger partial charge >= 0.3 is 0 Å². The van der Waals surface area contributed by atoms with Gasteiger partial charge < -0.3 is 9.47 Å². The smallest absolute Gasteiger partial charge is 0.0645 e. The highest BCUT2D eigenvalue weighted by atomic mass is 16.5. The van der Waals surface area contributed by atoms with Gasteiger partial charge in [-0.2, -0.15) is 0 Å². The summed E-state index contributed by atoms with van der Waals surface area (Å²) in [7, 11) is 0. The van der Waals surface area contributed by atoms with Crippen LogP contribution in [-0.2, 0) is 9.47 Å². The first-order chi connectivity index (χ1) is 10.6. The lowest BCUT2D eigenvalue weighted by Gasteiger charge is -2.43. The molecule has 0 aromatic heterocycles. The summed E-state index contributed by atoms with van der Waals surface area (Å²) in [5.41, 5.74) is 0.163. The van der Waals surface area contributed by atoms with Crippen LogP contribution in [0.3, 0.4) is 0 Å². The molecule has 0 bridgehead atoms. The summed E-state index contributed by atoms with van der Waals surface area (Å²) >= 11 is 0. The van der Waals surface area contributed by atoms with Crippen molar-refractivity contribution in [3.63, 3.8) is 0 Å². The van der Waals surface area contributed by atoms with Gasteiger partial charge in [0.1, 0.15) is 0 Å². The molecule has 0 atom stereocenters. The third-order valence-corrected chi connectivity index (χ3v) is 4.94. The standard InChI is InChI=1S/C20H36O2/c1-5-14-21-16-20(13-12-18(3)4,17-22-15-6-2)19-10-8-7-9-11-19/h5-6,18-19H,1-2,7-17H2,3-4H3. The zero-order valence-corrected chi connectivity index (χ0v) is 14.8. The SMILES string of the molecule is C=CCOCC(CCC(C)C)(COCC=C)C1CCCCC1. The van der Waals surface area contributed by atoms with Crippen LogP contribution >= 0.6 is 0 Å².